The van der Waals surface area contributed by atoms with Gasteiger partial charge in [-0.15, -0.1) is 11.3 Å². The number of rotatable bonds is 6. The van der Waals surface area contributed by atoms with Crippen molar-refractivity contribution in [2.75, 3.05) is 12.8 Å². The number of sulfone groups is 1. The Hall–Kier alpha value is -0.930. The quantitative estimate of drug-likeness (QED) is 0.756. The molecule has 0 bridgehead atoms. The summed E-state index contributed by atoms with van der Waals surface area (Å²) in [7, 11) is -7.59. The summed E-state index contributed by atoms with van der Waals surface area (Å²) < 4.78 is 51.3. The van der Waals surface area contributed by atoms with Gasteiger partial charge in [-0.25, -0.2) is 16.8 Å². The highest BCUT2D eigenvalue weighted by Crippen LogP contribution is 2.28. The molecule has 1 aromatic carbocycles. The van der Waals surface area contributed by atoms with Crippen LogP contribution in [0.5, 0.6) is 0 Å². The third-order valence-corrected chi connectivity index (χ3v) is 7.66. The van der Waals surface area contributed by atoms with E-state index in [4.69, 9.17) is 11.6 Å². The minimum Gasteiger partial charge on any atom is -0.224 e. The first-order valence-corrected chi connectivity index (χ1v) is 11.2. The van der Waals surface area contributed by atoms with Gasteiger partial charge in [0.05, 0.1) is 9.23 Å². The van der Waals surface area contributed by atoms with E-state index in [0.717, 1.165) is 11.1 Å². The van der Waals surface area contributed by atoms with Gasteiger partial charge >= 0.3 is 0 Å². The SMILES string of the molecule is CCN(Cc1ccc(Cl)s1)S(=O)(=O)c1ccccc1S(C)(=O)=O. The van der Waals surface area contributed by atoms with E-state index in [0.29, 0.717) is 4.34 Å². The fraction of sp³-hybridized carbons (Fsp3) is 0.286. The molecule has 0 saturated carbocycles. The molecule has 0 fully saturated rings. The topological polar surface area (TPSA) is 71.5 Å². The average molecular weight is 394 g/mol. The number of hydrogen-bond acceptors (Lipinski definition) is 5. The lowest BCUT2D eigenvalue weighted by Gasteiger charge is -2.21. The summed E-state index contributed by atoms with van der Waals surface area (Å²) >= 11 is 7.17. The third kappa shape index (κ3) is 4.13. The van der Waals surface area contributed by atoms with Gasteiger partial charge in [0.15, 0.2) is 9.84 Å². The van der Waals surface area contributed by atoms with Crippen LogP contribution in [0.4, 0.5) is 0 Å². The highest BCUT2D eigenvalue weighted by atomic mass is 35.5. The van der Waals surface area contributed by atoms with Crippen LogP contribution in [-0.2, 0) is 26.4 Å². The molecule has 0 aliphatic carbocycles. The van der Waals surface area contributed by atoms with E-state index in [1.807, 2.05) is 0 Å². The van der Waals surface area contributed by atoms with Crippen molar-refractivity contribution in [1.29, 1.82) is 0 Å². The molecule has 2 aromatic rings. The Morgan fingerprint density at radius 3 is 2.13 bits per heavy atom. The number of nitrogens with zero attached hydrogens (tertiary/aromatic N) is 1. The molecule has 9 heteroatoms. The molecule has 0 saturated heterocycles. The second kappa shape index (κ2) is 6.90. The van der Waals surface area contributed by atoms with Crippen LogP contribution in [0, 0.1) is 0 Å². The first-order valence-electron chi connectivity index (χ1n) is 6.69. The van der Waals surface area contributed by atoms with Gasteiger partial charge in [0.1, 0.15) is 4.90 Å². The fourth-order valence-electron chi connectivity index (χ4n) is 2.09. The minimum absolute atomic E-state index is 0.147. The van der Waals surface area contributed by atoms with E-state index >= 15 is 0 Å². The second-order valence-electron chi connectivity index (χ2n) is 4.86. The van der Waals surface area contributed by atoms with Crippen LogP contribution >= 0.6 is 22.9 Å². The lowest BCUT2D eigenvalue weighted by atomic mass is 10.4. The average Bonchev–Trinajstić information content (AvgIpc) is 2.89. The Labute approximate surface area is 145 Å². The largest absolute Gasteiger partial charge is 0.244 e. The van der Waals surface area contributed by atoms with Gasteiger partial charge in [0, 0.05) is 24.2 Å². The Bertz CT molecular complexity index is 904. The van der Waals surface area contributed by atoms with Crippen LogP contribution in [0.2, 0.25) is 4.34 Å². The lowest BCUT2D eigenvalue weighted by Crippen LogP contribution is -2.31. The van der Waals surface area contributed by atoms with Crippen molar-refractivity contribution in [2.45, 2.75) is 23.3 Å². The number of sulfonamides is 1. The van der Waals surface area contributed by atoms with Crippen molar-refractivity contribution in [3.8, 4) is 0 Å². The first-order chi connectivity index (χ1) is 10.7. The van der Waals surface area contributed by atoms with Crippen molar-refractivity contribution >= 4 is 42.8 Å². The summed E-state index contributed by atoms with van der Waals surface area (Å²) in [6.07, 6.45) is 0.997. The van der Waals surface area contributed by atoms with Crippen LogP contribution < -0.4 is 0 Å². The standard InChI is InChI=1S/C14H16ClNO4S3/c1-3-16(10-11-8-9-14(15)21-11)23(19,20)13-7-5-4-6-12(13)22(2,17)18/h4-9H,3,10H2,1-2H3. The lowest BCUT2D eigenvalue weighted by molar-refractivity contribution is 0.424. The van der Waals surface area contributed by atoms with Crippen molar-refractivity contribution in [2.24, 2.45) is 0 Å². The summed E-state index contributed by atoms with van der Waals surface area (Å²) in [5.74, 6) is 0. The Balaban J connectivity index is 2.48. The normalized spacial score (nSPS) is 12.7. The molecule has 0 spiro atoms. The summed E-state index contributed by atoms with van der Waals surface area (Å²) in [5, 5.41) is 0. The first kappa shape index (κ1) is 18.4. The summed E-state index contributed by atoms with van der Waals surface area (Å²) in [4.78, 5) is 0.395. The smallest absolute Gasteiger partial charge is 0.224 e. The van der Waals surface area contributed by atoms with E-state index < -0.39 is 19.9 Å². The minimum atomic E-state index is -3.94. The number of thiophene rings is 1. The van der Waals surface area contributed by atoms with Gasteiger partial charge in [-0.05, 0) is 24.3 Å². The number of benzene rings is 1. The predicted octanol–water partition coefficient (Wildman–Crippen LogP) is 3.02. The third-order valence-electron chi connectivity index (χ3n) is 3.18. The number of hydrogen-bond donors (Lipinski definition) is 0. The maximum Gasteiger partial charge on any atom is 0.244 e. The molecule has 1 aromatic heterocycles. The summed E-state index contributed by atoms with van der Waals surface area (Å²) in [6, 6.07) is 9.09. The molecule has 0 unspecified atom stereocenters. The van der Waals surface area contributed by atoms with Gasteiger partial charge in [0.25, 0.3) is 0 Å². The molecule has 1 heterocycles. The molecule has 23 heavy (non-hydrogen) atoms. The number of halogens is 1. The fourth-order valence-corrected chi connectivity index (χ4v) is 6.30. The van der Waals surface area contributed by atoms with Crippen LogP contribution in [0.25, 0.3) is 0 Å². The molecule has 0 N–H and O–H groups in total. The zero-order valence-corrected chi connectivity index (χ0v) is 15.8. The van der Waals surface area contributed by atoms with Crippen LogP contribution in [0.1, 0.15) is 11.8 Å². The monoisotopic (exact) mass is 393 g/mol. The molecule has 2 rings (SSSR count). The summed E-state index contributed by atoms with van der Waals surface area (Å²) in [5.41, 5.74) is 0. The van der Waals surface area contributed by atoms with E-state index in [2.05, 4.69) is 0 Å². The molecule has 0 atom stereocenters. The van der Waals surface area contributed by atoms with Crippen LogP contribution in [-0.4, -0.2) is 33.9 Å². The van der Waals surface area contributed by atoms with Crippen molar-refractivity contribution in [1.82, 2.24) is 4.31 Å². The van der Waals surface area contributed by atoms with Crippen molar-refractivity contribution in [3.05, 3.63) is 45.6 Å². The Morgan fingerprint density at radius 2 is 1.65 bits per heavy atom. The molecule has 126 valence electrons. The predicted molar refractivity (Wildman–Crippen MR) is 92.2 cm³/mol. The maximum absolute atomic E-state index is 12.9. The van der Waals surface area contributed by atoms with Gasteiger partial charge in [-0.3, -0.25) is 0 Å². The maximum atomic E-state index is 12.9. The van der Waals surface area contributed by atoms with Gasteiger partial charge in [0.2, 0.25) is 10.0 Å². The second-order valence-corrected chi connectivity index (χ2v) is 10.5. The van der Waals surface area contributed by atoms with Gasteiger partial charge < -0.3 is 0 Å². The van der Waals surface area contributed by atoms with Crippen molar-refractivity contribution in [3.63, 3.8) is 0 Å². The van der Waals surface area contributed by atoms with E-state index in [-0.39, 0.29) is 22.9 Å². The zero-order valence-electron chi connectivity index (χ0n) is 12.6. The molecule has 0 radical (unpaired) electrons. The van der Waals surface area contributed by atoms with Gasteiger partial charge in [-0.2, -0.15) is 4.31 Å². The molecule has 0 aliphatic rings. The Kier molecular flexibility index (Phi) is 5.52. The zero-order chi connectivity index (χ0) is 17.3. The van der Waals surface area contributed by atoms with Crippen LogP contribution in [0.3, 0.4) is 0 Å². The molecular weight excluding hydrogens is 378 g/mol. The van der Waals surface area contributed by atoms with E-state index in [9.17, 15) is 16.8 Å². The molecule has 0 aliphatic heterocycles. The highest BCUT2D eigenvalue weighted by molar-refractivity contribution is 7.93. The van der Waals surface area contributed by atoms with Gasteiger partial charge in [-0.1, -0.05) is 30.7 Å². The van der Waals surface area contributed by atoms with E-state index in [1.54, 1.807) is 19.1 Å². The Morgan fingerprint density at radius 1 is 1.04 bits per heavy atom. The molecule has 0 amide bonds. The van der Waals surface area contributed by atoms with Crippen molar-refractivity contribution < 1.29 is 16.8 Å². The van der Waals surface area contributed by atoms with E-state index in [1.165, 1.54) is 39.9 Å². The highest BCUT2D eigenvalue weighted by Gasteiger charge is 2.29. The summed E-state index contributed by atoms with van der Waals surface area (Å²) in [6.45, 7) is 2.07. The molecule has 5 nitrogen and oxygen atoms in total. The van der Waals surface area contributed by atoms with Crippen LogP contribution in [0.15, 0.2) is 46.2 Å². The molecular formula is C14H16ClNO4S3.